The van der Waals surface area contributed by atoms with Crippen LogP contribution in [-0.2, 0) is 11.8 Å². The first-order chi connectivity index (χ1) is 12.6. The second-order valence-corrected chi connectivity index (χ2v) is 7.28. The number of rotatable bonds is 4. The Bertz CT molecular complexity index is 863. The lowest BCUT2D eigenvalue weighted by Gasteiger charge is -2.30. The summed E-state index contributed by atoms with van der Waals surface area (Å²) >= 11 is 3.43. The van der Waals surface area contributed by atoms with Gasteiger partial charge in [-0.3, -0.25) is 4.68 Å². The predicted octanol–water partition coefficient (Wildman–Crippen LogP) is 3.92. The summed E-state index contributed by atoms with van der Waals surface area (Å²) in [5, 5.41) is 4.18. The summed E-state index contributed by atoms with van der Waals surface area (Å²) in [5.41, 5.74) is 1.39. The molecule has 1 saturated heterocycles. The zero-order valence-electron chi connectivity index (χ0n) is 14.3. The Kier molecular flexibility index (Phi) is 4.59. The van der Waals surface area contributed by atoms with Gasteiger partial charge in [0, 0.05) is 25.7 Å². The van der Waals surface area contributed by atoms with E-state index in [1.807, 2.05) is 4.90 Å². The maximum Gasteiger partial charge on any atom is 0.240 e. The number of hydrogen-bond acceptors (Lipinski definition) is 4. The van der Waals surface area contributed by atoms with Gasteiger partial charge in [-0.05, 0) is 34.8 Å². The molecule has 1 aliphatic carbocycles. The van der Waals surface area contributed by atoms with Crippen molar-refractivity contribution in [2.45, 2.75) is 18.9 Å². The third kappa shape index (κ3) is 3.06. The van der Waals surface area contributed by atoms with E-state index in [0.717, 1.165) is 12.8 Å². The molecule has 2 aromatic rings. The van der Waals surface area contributed by atoms with Crippen molar-refractivity contribution in [3.63, 3.8) is 0 Å². The lowest BCUT2D eigenvalue weighted by atomic mass is 10.1. The van der Waals surface area contributed by atoms with Gasteiger partial charge in [0.15, 0.2) is 0 Å². The van der Waals surface area contributed by atoms with Crippen molar-refractivity contribution in [1.82, 2.24) is 9.78 Å². The number of aromatic nitrogens is 2. The highest BCUT2D eigenvalue weighted by atomic mass is 79.9. The van der Waals surface area contributed by atoms with Gasteiger partial charge in [-0.1, -0.05) is 0 Å². The summed E-state index contributed by atoms with van der Waals surface area (Å²) in [6.07, 6.45) is 3.64. The zero-order valence-corrected chi connectivity index (χ0v) is 15.9. The van der Waals surface area contributed by atoms with Crippen LogP contribution in [0.4, 0.5) is 15.8 Å². The van der Waals surface area contributed by atoms with Crippen molar-refractivity contribution in [3.8, 4) is 17.0 Å². The molecule has 0 amide bonds. The van der Waals surface area contributed by atoms with Crippen LogP contribution >= 0.6 is 15.9 Å². The second-order valence-electron chi connectivity index (χ2n) is 6.42. The third-order valence-electron chi connectivity index (χ3n) is 4.59. The van der Waals surface area contributed by atoms with E-state index < -0.39 is 5.82 Å². The number of aryl methyl sites for hydroxylation is 1. The Hall–Kier alpha value is -2.11. The first-order valence-corrected chi connectivity index (χ1v) is 9.30. The summed E-state index contributed by atoms with van der Waals surface area (Å²) in [7, 11) is 1.73. The van der Waals surface area contributed by atoms with E-state index in [1.54, 1.807) is 24.0 Å². The molecule has 8 heteroatoms. The average molecular weight is 421 g/mol. The van der Waals surface area contributed by atoms with Gasteiger partial charge in [0.2, 0.25) is 5.69 Å². The van der Waals surface area contributed by atoms with Gasteiger partial charge in [-0.2, -0.15) is 5.10 Å². The van der Waals surface area contributed by atoms with E-state index in [1.165, 1.54) is 0 Å². The molecular formula is C18H18BrFN4O2. The number of halogens is 2. The van der Waals surface area contributed by atoms with Crippen molar-refractivity contribution in [3.05, 3.63) is 34.0 Å². The number of benzene rings is 1. The summed E-state index contributed by atoms with van der Waals surface area (Å²) in [5.74, 6) is 0.0128. The van der Waals surface area contributed by atoms with Crippen molar-refractivity contribution < 1.29 is 13.9 Å². The molecule has 136 valence electrons. The fraction of sp³-hybridized carbons (Fsp3) is 0.444. The predicted molar refractivity (Wildman–Crippen MR) is 99.2 cm³/mol. The fourth-order valence-corrected chi connectivity index (χ4v) is 3.67. The van der Waals surface area contributed by atoms with E-state index in [2.05, 4.69) is 25.9 Å². The van der Waals surface area contributed by atoms with Crippen LogP contribution in [0.2, 0.25) is 0 Å². The Morgan fingerprint density at radius 1 is 1.38 bits per heavy atom. The van der Waals surface area contributed by atoms with Crippen LogP contribution in [0.1, 0.15) is 12.8 Å². The topological polar surface area (TPSA) is 43.9 Å². The van der Waals surface area contributed by atoms with Gasteiger partial charge < -0.3 is 14.4 Å². The number of morpholine rings is 1. The van der Waals surface area contributed by atoms with Crippen molar-refractivity contribution >= 4 is 27.3 Å². The molecule has 0 radical (unpaired) electrons. The lowest BCUT2D eigenvalue weighted by molar-refractivity contribution is 0.122. The Labute approximate surface area is 159 Å². The van der Waals surface area contributed by atoms with Crippen LogP contribution in [0, 0.1) is 12.4 Å². The van der Waals surface area contributed by atoms with Gasteiger partial charge in [-0.25, -0.2) is 9.24 Å². The van der Waals surface area contributed by atoms with Crippen LogP contribution in [0.25, 0.3) is 16.1 Å². The summed E-state index contributed by atoms with van der Waals surface area (Å²) in [6, 6.07) is 1.67. The molecule has 0 unspecified atom stereocenters. The van der Waals surface area contributed by atoms with E-state index >= 15 is 4.39 Å². The smallest absolute Gasteiger partial charge is 0.240 e. The van der Waals surface area contributed by atoms with E-state index in [9.17, 15) is 0 Å². The molecule has 1 aliphatic heterocycles. The van der Waals surface area contributed by atoms with Crippen LogP contribution in [-0.4, -0.2) is 42.2 Å². The van der Waals surface area contributed by atoms with Gasteiger partial charge in [-0.15, -0.1) is 0 Å². The van der Waals surface area contributed by atoms with Gasteiger partial charge in [0.1, 0.15) is 11.6 Å². The van der Waals surface area contributed by atoms with Gasteiger partial charge in [0.25, 0.3) is 0 Å². The molecule has 0 bridgehead atoms. The molecule has 2 heterocycles. The number of ether oxygens (including phenoxy) is 2. The minimum atomic E-state index is -0.426. The van der Waals surface area contributed by atoms with Crippen LogP contribution in [0.3, 0.4) is 0 Å². The highest BCUT2D eigenvalue weighted by molar-refractivity contribution is 9.10. The average Bonchev–Trinajstić information content (AvgIpc) is 3.41. The molecular weight excluding hydrogens is 403 g/mol. The number of hydrogen-bond donors (Lipinski definition) is 0. The molecule has 0 N–H and O–H groups in total. The Balaban J connectivity index is 1.93. The highest BCUT2D eigenvalue weighted by Gasteiger charge is 2.31. The summed E-state index contributed by atoms with van der Waals surface area (Å²) in [4.78, 5) is 5.56. The van der Waals surface area contributed by atoms with Crippen molar-refractivity contribution in [2.75, 3.05) is 31.2 Å². The molecule has 1 aromatic heterocycles. The van der Waals surface area contributed by atoms with Crippen molar-refractivity contribution in [2.24, 2.45) is 7.05 Å². The molecule has 4 rings (SSSR count). The monoisotopic (exact) mass is 420 g/mol. The third-order valence-corrected chi connectivity index (χ3v) is 5.18. The first-order valence-electron chi connectivity index (χ1n) is 8.51. The first kappa shape index (κ1) is 17.3. The molecule has 1 saturated carbocycles. The molecule has 2 aliphatic rings. The zero-order chi connectivity index (χ0) is 18.3. The quantitative estimate of drug-likeness (QED) is 0.703. The van der Waals surface area contributed by atoms with E-state index in [-0.39, 0.29) is 17.4 Å². The minimum Gasteiger partial charge on any atom is -0.501 e. The summed E-state index contributed by atoms with van der Waals surface area (Å²) < 4.78 is 29.2. The second kappa shape index (κ2) is 6.89. The molecule has 6 nitrogen and oxygen atoms in total. The Morgan fingerprint density at radius 3 is 2.69 bits per heavy atom. The lowest BCUT2D eigenvalue weighted by Crippen LogP contribution is -2.36. The van der Waals surface area contributed by atoms with Crippen LogP contribution < -0.4 is 9.64 Å². The SMILES string of the molecule is [C-]#[N+]c1c(OC2CC2)cc(N2CCOCC2)c(F)c1-c1c(Br)cnn1C. The largest absolute Gasteiger partial charge is 0.501 e. The maximum atomic E-state index is 15.6. The molecule has 1 aromatic carbocycles. The molecule has 0 spiro atoms. The van der Waals surface area contributed by atoms with E-state index in [0.29, 0.717) is 47.9 Å². The maximum absolute atomic E-state index is 15.6. The molecule has 26 heavy (non-hydrogen) atoms. The van der Waals surface area contributed by atoms with Crippen LogP contribution in [0.5, 0.6) is 5.75 Å². The number of anilines is 1. The minimum absolute atomic E-state index is 0.112. The highest BCUT2D eigenvalue weighted by Crippen LogP contribution is 2.48. The standard InChI is InChI=1S/C18H18BrFN4O2/c1-21-17-14(26-11-3-4-11)9-13(24-5-7-25-8-6-24)16(20)15(17)18-12(19)10-22-23(18)2/h9-11H,3-8H2,2H3. The van der Waals surface area contributed by atoms with Gasteiger partial charge in [0.05, 0.1) is 47.9 Å². The van der Waals surface area contributed by atoms with E-state index in [4.69, 9.17) is 16.0 Å². The Morgan fingerprint density at radius 2 is 2.12 bits per heavy atom. The number of nitrogens with zero attached hydrogens (tertiary/aromatic N) is 4. The normalized spacial score (nSPS) is 17.2. The molecule has 2 fully saturated rings. The van der Waals surface area contributed by atoms with Crippen LogP contribution in [0.15, 0.2) is 16.7 Å². The van der Waals surface area contributed by atoms with Crippen molar-refractivity contribution in [1.29, 1.82) is 0 Å². The molecule has 0 atom stereocenters. The van der Waals surface area contributed by atoms with Gasteiger partial charge >= 0.3 is 0 Å². The summed E-state index contributed by atoms with van der Waals surface area (Å²) in [6.45, 7) is 9.94. The fourth-order valence-electron chi connectivity index (χ4n) is 3.12.